The predicted molar refractivity (Wildman–Crippen MR) is 141 cm³/mol. The molecule has 2 aromatic heterocycles. The van der Waals surface area contributed by atoms with E-state index >= 15 is 0 Å². The number of benzene rings is 2. The Hall–Kier alpha value is -2.67. The van der Waals surface area contributed by atoms with Crippen LogP contribution in [0.5, 0.6) is 0 Å². The fourth-order valence-corrected chi connectivity index (χ4v) is 5.00. The van der Waals surface area contributed by atoms with Gasteiger partial charge in [0, 0.05) is 26.9 Å². The van der Waals surface area contributed by atoms with Crippen molar-refractivity contribution in [2.75, 3.05) is 4.90 Å². The minimum Gasteiger partial charge on any atom is -0.459 e. The highest BCUT2D eigenvalue weighted by Crippen LogP contribution is 2.43. The highest BCUT2D eigenvalue weighted by Gasteiger charge is 2.42. The van der Waals surface area contributed by atoms with Crippen LogP contribution < -0.4 is 10.2 Å². The molecule has 0 bridgehead atoms. The second-order valence-electron chi connectivity index (χ2n) is 8.04. The Balaban J connectivity index is 1.62. The SMILES string of the molecule is Cc1cc(N2C(=S)N[C@H](c3ccccn3)[C@H]2c2ccc(-c3cccc(Cl)c3C)o2)ccc1Br. The Morgan fingerprint density at radius 1 is 1.06 bits per heavy atom. The summed E-state index contributed by atoms with van der Waals surface area (Å²) in [5, 5.41) is 4.82. The molecule has 0 spiro atoms. The minimum atomic E-state index is -0.207. The van der Waals surface area contributed by atoms with Gasteiger partial charge in [-0.1, -0.05) is 45.7 Å². The van der Waals surface area contributed by atoms with Crippen LogP contribution in [0.2, 0.25) is 5.02 Å². The molecule has 2 atom stereocenters. The molecule has 4 aromatic rings. The number of aryl methyl sites for hydroxylation is 1. The molecule has 0 radical (unpaired) electrons. The largest absolute Gasteiger partial charge is 0.459 e. The molecule has 1 saturated heterocycles. The van der Waals surface area contributed by atoms with Crippen molar-refractivity contribution in [3.63, 3.8) is 0 Å². The van der Waals surface area contributed by atoms with Gasteiger partial charge >= 0.3 is 0 Å². The van der Waals surface area contributed by atoms with Crippen molar-refractivity contribution < 1.29 is 4.42 Å². The summed E-state index contributed by atoms with van der Waals surface area (Å²) in [7, 11) is 0. The van der Waals surface area contributed by atoms with Crippen LogP contribution in [-0.4, -0.2) is 10.1 Å². The molecule has 2 aromatic carbocycles. The van der Waals surface area contributed by atoms with Crippen LogP contribution in [0.3, 0.4) is 0 Å². The molecule has 1 N–H and O–H groups in total. The molecule has 0 saturated carbocycles. The number of nitrogens with zero attached hydrogens (tertiary/aromatic N) is 2. The van der Waals surface area contributed by atoms with E-state index in [0.717, 1.165) is 44.1 Å². The van der Waals surface area contributed by atoms with Crippen molar-refractivity contribution in [2.24, 2.45) is 0 Å². The molecule has 1 fully saturated rings. The number of rotatable bonds is 4. The van der Waals surface area contributed by atoms with E-state index in [0.29, 0.717) is 10.1 Å². The molecule has 4 nitrogen and oxygen atoms in total. The summed E-state index contributed by atoms with van der Waals surface area (Å²) in [5.74, 6) is 1.57. The lowest BCUT2D eigenvalue weighted by Gasteiger charge is -2.26. The van der Waals surface area contributed by atoms with Gasteiger partial charge in [-0.05, 0) is 85.7 Å². The lowest BCUT2D eigenvalue weighted by Crippen LogP contribution is -2.29. The molecular formula is C26H21BrClN3OS. The smallest absolute Gasteiger partial charge is 0.174 e. The standard InChI is InChI=1S/C26H21BrClN3OS/c1-15-14-17(9-10-19(15)27)31-25(24(30-26(31)33)21-8-3-4-13-29-21)23-12-11-22(32-23)18-6-5-7-20(28)16(18)2/h3-14,24-25H,1-2H3,(H,30,33)/t24-,25-/m1/s1. The van der Waals surface area contributed by atoms with Gasteiger partial charge < -0.3 is 14.6 Å². The fraction of sp³-hybridized carbons (Fsp3) is 0.154. The van der Waals surface area contributed by atoms with Gasteiger partial charge in [0.1, 0.15) is 17.6 Å². The number of pyridine rings is 1. The van der Waals surface area contributed by atoms with Crippen LogP contribution in [-0.2, 0) is 0 Å². The van der Waals surface area contributed by atoms with Crippen molar-refractivity contribution in [1.29, 1.82) is 0 Å². The quantitative estimate of drug-likeness (QED) is 0.272. The van der Waals surface area contributed by atoms with E-state index in [9.17, 15) is 0 Å². The van der Waals surface area contributed by atoms with Crippen molar-refractivity contribution in [2.45, 2.75) is 25.9 Å². The maximum atomic E-state index is 6.46. The van der Waals surface area contributed by atoms with Crippen LogP contribution in [0.15, 0.2) is 81.8 Å². The van der Waals surface area contributed by atoms with Gasteiger partial charge in [0.2, 0.25) is 0 Å². The number of nitrogens with one attached hydrogen (secondary N) is 1. The number of thiocarbonyl (C=S) groups is 1. The third-order valence-corrected chi connectivity index (χ3v) is 7.58. The average molecular weight is 539 g/mol. The summed E-state index contributed by atoms with van der Waals surface area (Å²) in [6.07, 6.45) is 1.80. The average Bonchev–Trinajstić information content (AvgIpc) is 3.43. The molecule has 7 heteroatoms. The Morgan fingerprint density at radius 3 is 2.67 bits per heavy atom. The highest BCUT2D eigenvalue weighted by atomic mass is 79.9. The normalized spacial score (nSPS) is 17.9. The number of hydrogen-bond donors (Lipinski definition) is 1. The number of halogens is 2. The van der Waals surface area contributed by atoms with E-state index in [1.54, 1.807) is 6.20 Å². The molecular weight excluding hydrogens is 518 g/mol. The maximum Gasteiger partial charge on any atom is 0.174 e. The predicted octanol–water partition coefficient (Wildman–Crippen LogP) is 7.55. The van der Waals surface area contributed by atoms with E-state index in [4.69, 9.17) is 28.2 Å². The first kappa shape index (κ1) is 22.1. The topological polar surface area (TPSA) is 41.3 Å². The lowest BCUT2D eigenvalue weighted by atomic mass is 10.0. The van der Waals surface area contributed by atoms with Crippen LogP contribution >= 0.6 is 39.7 Å². The molecule has 0 aliphatic carbocycles. The van der Waals surface area contributed by atoms with E-state index in [1.165, 1.54) is 0 Å². The van der Waals surface area contributed by atoms with Gasteiger partial charge in [-0.25, -0.2) is 0 Å². The zero-order valence-electron chi connectivity index (χ0n) is 18.0. The van der Waals surface area contributed by atoms with Gasteiger partial charge in [-0.2, -0.15) is 0 Å². The number of furan rings is 1. The zero-order valence-corrected chi connectivity index (χ0v) is 21.2. The molecule has 1 aliphatic rings. The van der Waals surface area contributed by atoms with Gasteiger partial charge in [0.15, 0.2) is 5.11 Å². The zero-order chi connectivity index (χ0) is 23.1. The van der Waals surface area contributed by atoms with Gasteiger partial charge in [0.25, 0.3) is 0 Å². The van der Waals surface area contributed by atoms with Gasteiger partial charge in [-0.15, -0.1) is 0 Å². The van der Waals surface area contributed by atoms with Crippen molar-refractivity contribution >= 4 is 50.5 Å². The number of aromatic nitrogens is 1. The van der Waals surface area contributed by atoms with Crippen molar-refractivity contribution in [1.82, 2.24) is 10.3 Å². The molecule has 0 unspecified atom stereocenters. The Bertz CT molecular complexity index is 1340. The summed E-state index contributed by atoms with van der Waals surface area (Å²) in [4.78, 5) is 6.72. The van der Waals surface area contributed by atoms with Crippen molar-refractivity contribution in [3.05, 3.63) is 105 Å². The lowest BCUT2D eigenvalue weighted by molar-refractivity contribution is 0.439. The molecule has 33 heavy (non-hydrogen) atoms. The molecule has 5 rings (SSSR count). The first-order chi connectivity index (χ1) is 15.9. The fourth-order valence-electron chi connectivity index (χ4n) is 4.23. The van der Waals surface area contributed by atoms with Gasteiger partial charge in [0.05, 0.1) is 11.7 Å². The van der Waals surface area contributed by atoms with Gasteiger partial charge in [-0.3, -0.25) is 4.98 Å². The first-order valence-electron chi connectivity index (χ1n) is 10.6. The minimum absolute atomic E-state index is 0.165. The second-order valence-corrected chi connectivity index (χ2v) is 9.69. The summed E-state index contributed by atoms with van der Waals surface area (Å²) < 4.78 is 7.51. The Morgan fingerprint density at radius 2 is 1.91 bits per heavy atom. The first-order valence-corrected chi connectivity index (χ1v) is 12.1. The van der Waals surface area contributed by atoms with Crippen molar-refractivity contribution in [3.8, 4) is 11.3 Å². The molecule has 1 aliphatic heterocycles. The van der Waals surface area contributed by atoms with E-state index in [-0.39, 0.29) is 12.1 Å². The van der Waals surface area contributed by atoms with Crippen LogP contribution in [0.4, 0.5) is 5.69 Å². The van der Waals surface area contributed by atoms with E-state index in [2.05, 4.69) is 50.2 Å². The monoisotopic (exact) mass is 537 g/mol. The highest BCUT2D eigenvalue weighted by molar-refractivity contribution is 9.10. The summed E-state index contributed by atoms with van der Waals surface area (Å²) in [6.45, 7) is 4.07. The second kappa shape index (κ2) is 8.93. The third-order valence-electron chi connectivity index (χ3n) is 5.97. The maximum absolute atomic E-state index is 6.46. The Labute approximate surface area is 211 Å². The third kappa shape index (κ3) is 4.07. The molecule has 0 amide bonds. The number of anilines is 1. The molecule has 166 valence electrons. The van der Waals surface area contributed by atoms with E-state index < -0.39 is 0 Å². The van der Waals surface area contributed by atoms with E-state index in [1.807, 2.05) is 61.5 Å². The Kier molecular flexibility index (Phi) is 5.99. The number of hydrogen-bond acceptors (Lipinski definition) is 3. The summed E-state index contributed by atoms with van der Waals surface area (Å²) in [5.41, 5.74) is 4.99. The van der Waals surface area contributed by atoms with Crippen LogP contribution in [0.25, 0.3) is 11.3 Å². The summed E-state index contributed by atoms with van der Waals surface area (Å²) in [6, 6.07) is 21.6. The molecule has 3 heterocycles. The summed E-state index contributed by atoms with van der Waals surface area (Å²) >= 11 is 15.8. The van der Waals surface area contributed by atoms with Crippen LogP contribution in [0, 0.1) is 13.8 Å². The van der Waals surface area contributed by atoms with Crippen LogP contribution in [0.1, 0.15) is 34.7 Å².